The van der Waals surface area contributed by atoms with Crippen molar-refractivity contribution >= 4 is 40.8 Å². The van der Waals surface area contributed by atoms with Crippen molar-refractivity contribution in [2.75, 3.05) is 24.4 Å². The number of benzene rings is 2. The number of carbonyl (C=O) groups is 3. The molecule has 0 aliphatic rings. The normalized spacial score (nSPS) is 10.1. The average molecular weight is 405 g/mol. The van der Waals surface area contributed by atoms with Crippen LogP contribution in [0.2, 0.25) is 5.02 Å². The first kappa shape index (κ1) is 21.2. The van der Waals surface area contributed by atoms with Gasteiger partial charge in [0.15, 0.2) is 6.61 Å². The molecule has 2 aromatic rings. The molecule has 0 atom stereocenters. The van der Waals surface area contributed by atoms with Crippen molar-refractivity contribution in [3.05, 3.63) is 53.1 Å². The van der Waals surface area contributed by atoms with E-state index in [-0.39, 0.29) is 18.7 Å². The molecule has 0 saturated carbocycles. The van der Waals surface area contributed by atoms with Crippen molar-refractivity contribution in [1.82, 2.24) is 0 Å². The monoisotopic (exact) mass is 404 g/mol. The highest BCUT2D eigenvalue weighted by molar-refractivity contribution is 6.31. The van der Waals surface area contributed by atoms with Gasteiger partial charge in [0.05, 0.1) is 19.2 Å². The maximum atomic E-state index is 11.9. The van der Waals surface area contributed by atoms with E-state index >= 15 is 0 Å². The van der Waals surface area contributed by atoms with Crippen LogP contribution in [-0.2, 0) is 19.1 Å². The van der Waals surface area contributed by atoms with Crippen LogP contribution in [-0.4, -0.2) is 31.5 Å². The Bertz CT molecular complexity index is 869. The first-order chi connectivity index (χ1) is 13.4. The number of hydrogen-bond donors (Lipinski definition) is 2. The van der Waals surface area contributed by atoms with E-state index in [4.69, 9.17) is 21.1 Å². The van der Waals surface area contributed by atoms with Gasteiger partial charge in [-0.15, -0.1) is 0 Å². The van der Waals surface area contributed by atoms with Gasteiger partial charge in [-0.1, -0.05) is 29.8 Å². The van der Waals surface area contributed by atoms with E-state index in [1.807, 2.05) is 6.92 Å². The standard InChI is InChI=1S/C20H21ClN2O5/c1-13-7-8-14(11-15(13)21)22-18(24)9-10-20(26)28-12-19(25)23-16-5-3-4-6-17(16)27-2/h3-8,11H,9-10,12H2,1-2H3,(H,22,24)(H,23,25). The number of anilines is 2. The van der Waals surface area contributed by atoms with Crippen molar-refractivity contribution in [2.24, 2.45) is 0 Å². The molecule has 0 aromatic heterocycles. The molecule has 2 amide bonds. The maximum absolute atomic E-state index is 11.9. The van der Waals surface area contributed by atoms with Crippen molar-refractivity contribution in [2.45, 2.75) is 19.8 Å². The molecular formula is C20H21ClN2O5. The lowest BCUT2D eigenvalue weighted by molar-refractivity contribution is -0.147. The minimum Gasteiger partial charge on any atom is -0.495 e. The zero-order chi connectivity index (χ0) is 20.5. The van der Waals surface area contributed by atoms with Gasteiger partial charge in [0, 0.05) is 17.1 Å². The fourth-order valence-electron chi connectivity index (χ4n) is 2.26. The molecule has 0 spiro atoms. The van der Waals surface area contributed by atoms with Crippen LogP contribution >= 0.6 is 11.6 Å². The summed E-state index contributed by atoms with van der Waals surface area (Å²) in [4.78, 5) is 35.5. The fraction of sp³-hybridized carbons (Fsp3) is 0.250. The summed E-state index contributed by atoms with van der Waals surface area (Å²) in [5.74, 6) is -1.01. The molecule has 28 heavy (non-hydrogen) atoms. The molecule has 0 bridgehead atoms. The zero-order valence-electron chi connectivity index (χ0n) is 15.6. The molecule has 2 aromatic carbocycles. The molecule has 7 nitrogen and oxygen atoms in total. The minimum atomic E-state index is -0.646. The zero-order valence-corrected chi connectivity index (χ0v) is 16.3. The second-order valence-corrected chi connectivity index (χ2v) is 6.33. The smallest absolute Gasteiger partial charge is 0.306 e. The summed E-state index contributed by atoms with van der Waals surface area (Å²) in [6, 6.07) is 12.0. The lowest BCUT2D eigenvalue weighted by atomic mass is 10.2. The Morgan fingerprint density at radius 1 is 1.00 bits per heavy atom. The number of rotatable bonds is 8. The molecule has 8 heteroatoms. The third-order valence-electron chi connectivity index (χ3n) is 3.76. The lowest BCUT2D eigenvalue weighted by Gasteiger charge is -2.10. The topological polar surface area (TPSA) is 93.7 Å². The molecule has 0 unspecified atom stereocenters. The van der Waals surface area contributed by atoms with Crippen LogP contribution in [0.3, 0.4) is 0 Å². The number of halogens is 1. The summed E-state index contributed by atoms with van der Waals surface area (Å²) in [5.41, 5.74) is 1.92. The van der Waals surface area contributed by atoms with E-state index in [9.17, 15) is 14.4 Å². The van der Waals surface area contributed by atoms with Gasteiger partial charge in [0.2, 0.25) is 5.91 Å². The van der Waals surface area contributed by atoms with E-state index in [0.717, 1.165) is 5.56 Å². The van der Waals surface area contributed by atoms with Crippen molar-refractivity contribution in [3.63, 3.8) is 0 Å². The predicted molar refractivity (Wildman–Crippen MR) is 107 cm³/mol. The van der Waals surface area contributed by atoms with Crippen LogP contribution in [0.1, 0.15) is 18.4 Å². The SMILES string of the molecule is COc1ccccc1NC(=O)COC(=O)CCC(=O)Nc1ccc(C)c(Cl)c1. The van der Waals surface area contributed by atoms with Crippen molar-refractivity contribution in [3.8, 4) is 5.75 Å². The Balaban J connectivity index is 1.72. The van der Waals surface area contributed by atoms with Gasteiger partial charge in [-0.05, 0) is 36.8 Å². The molecular weight excluding hydrogens is 384 g/mol. The van der Waals surface area contributed by atoms with Gasteiger partial charge in [0.25, 0.3) is 5.91 Å². The largest absolute Gasteiger partial charge is 0.495 e. The van der Waals surface area contributed by atoms with Crippen LogP contribution in [0.15, 0.2) is 42.5 Å². The molecule has 0 heterocycles. The number of aryl methyl sites for hydroxylation is 1. The molecule has 0 saturated heterocycles. The second-order valence-electron chi connectivity index (χ2n) is 5.92. The summed E-state index contributed by atoms with van der Waals surface area (Å²) >= 11 is 6.00. The number of hydrogen-bond acceptors (Lipinski definition) is 5. The van der Waals surface area contributed by atoms with Gasteiger partial charge >= 0.3 is 5.97 Å². The van der Waals surface area contributed by atoms with Crippen LogP contribution in [0.4, 0.5) is 11.4 Å². The maximum Gasteiger partial charge on any atom is 0.306 e. The number of nitrogens with one attached hydrogen (secondary N) is 2. The third kappa shape index (κ3) is 6.59. The van der Waals surface area contributed by atoms with Gasteiger partial charge in [-0.3, -0.25) is 14.4 Å². The number of para-hydroxylation sites is 2. The van der Waals surface area contributed by atoms with Gasteiger partial charge in [0.1, 0.15) is 5.75 Å². The van der Waals surface area contributed by atoms with Crippen molar-refractivity contribution < 1.29 is 23.9 Å². The summed E-state index contributed by atoms with van der Waals surface area (Å²) in [6.07, 6.45) is -0.216. The van der Waals surface area contributed by atoms with Gasteiger partial charge in [-0.25, -0.2) is 0 Å². The van der Waals surface area contributed by atoms with Gasteiger partial charge < -0.3 is 20.1 Å². The molecule has 148 valence electrons. The molecule has 0 aliphatic carbocycles. The number of esters is 1. The highest BCUT2D eigenvalue weighted by Gasteiger charge is 2.12. The van der Waals surface area contributed by atoms with E-state index < -0.39 is 18.5 Å². The van der Waals surface area contributed by atoms with Crippen LogP contribution in [0.25, 0.3) is 0 Å². The minimum absolute atomic E-state index is 0.0710. The number of ether oxygens (including phenoxy) is 2. The number of amides is 2. The lowest BCUT2D eigenvalue weighted by Crippen LogP contribution is -2.22. The second kappa shape index (κ2) is 10.3. The summed E-state index contributed by atoms with van der Waals surface area (Å²) in [7, 11) is 1.49. The van der Waals surface area contributed by atoms with Gasteiger partial charge in [-0.2, -0.15) is 0 Å². The van der Waals surface area contributed by atoms with E-state index in [0.29, 0.717) is 22.1 Å². The quantitative estimate of drug-likeness (QED) is 0.656. The highest BCUT2D eigenvalue weighted by atomic mass is 35.5. The van der Waals surface area contributed by atoms with Crippen LogP contribution in [0.5, 0.6) is 5.75 Å². The molecule has 0 aliphatic heterocycles. The van der Waals surface area contributed by atoms with E-state index in [1.54, 1.807) is 42.5 Å². The summed E-state index contributed by atoms with van der Waals surface area (Å²) < 4.78 is 10.0. The molecule has 2 N–H and O–H groups in total. The Labute approximate surface area is 168 Å². The third-order valence-corrected chi connectivity index (χ3v) is 4.16. The first-order valence-corrected chi connectivity index (χ1v) is 8.91. The van der Waals surface area contributed by atoms with E-state index in [2.05, 4.69) is 10.6 Å². The van der Waals surface area contributed by atoms with E-state index in [1.165, 1.54) is 7.11 Å². The van der Waals surface area contributed by atoms with Crippen molar-refractivity contribution in [1.29, 1.82) is 0 Å². The van der Waals surface area contributed by atoms with Crippen LogP contribution in [0, 0.1) is 6.92 Å². The fourth-order valence-corrected chi connectivity index (χ4v) is 2.44. The molecule has 0 radical (unpaired) electrons. The Morgan fingerprint density at radius 3 is 2.46 bits per heavy atom. The first-order valence-electron chi connectivity index (χ1n) is 8.53. The van der Waals surface area contributed by atoms with Crippen LogP contribution < -0.4 is 15.4 Å². The summed E-state index contributed by atoms with van der Waals surface area (Å²) in [5, 5.41) is 5.78. The predicted octanol–water partition coefficient (Wildman–Crippen LogP) is 3.56. The Morgan fingerprint density at radius 2 is 1.75 bits per heavy atom. The molecule has 2 rings (SSSR count). The summed E-state index contributed by atoms with van der Waals surface area (Å²) in [6.45, 7) is 1.40. The highest BCUT2D eigenvalue weighted by Crippen LogP contribution is 2.23. The Hall–Kier alpha value is -3.06. The molecule has 0 fully saturated rings. The average Bonchev–Trinajstić information content (AvgIpc) is 2.68. The Kier molecular flexibility index (Phi) is 7.83. The number of methoxy groups -OCH3 is 1. The number of carbonyl (C=O) groups excluding carboxylic acids is 3.